The number of aromatic nitrogens is 2. The Bertz CT molecular complexity index is 1080. The molecule has 150 valence electrons. The van der Waals surface area contributed by atoms with Crippen LogP contribution >= 0.6 is 15.9 Å². The van der Waals surface area contributed by atoms with Crippen LogP contribution in [0.3, 0.4) is 0 Å². The Labute approximate surface area is 175 Å². The normalized spacial score (nSPS) is 11.7. The summed E-state index contributed by atoms with van der Waals surface area (Å²) in [6.45, 7) is 3.76. The maximum Gasteiger partial charge on any atom is 0.271 e. The van der Waals surface area contributed by atoms with Gasteiger partial charge in [0.25, 0.3) is 11.5 Å². The minimum absolute atomic E-state index is 0.110. The van der Waals surface area contributed by atoms with Crippen LogP contribution in [0, 0.1) is 12.7 Å². The number of anilines is 1. The van der Waals surface area contributed by atoms with Crippen molar-refractivity contribution in [3.05, 3.63) is 80.8 Å². The molecule has 3 aromatic rings. The van der Waals surface area contributed by atoms with Gasteiger partial charge in [-0.3, -0.25) is 9.59 Å². The zero-order chi connectivity index (χ0) is 21.0. The number of aryl methyl sites for hydroxylation is 1. The third-order valence-corrected chi connectivity index (χ3v) is 4.81. The molecule has 0 radical (unpaired) electrons. The number of halogens is 2. The van der Waals surface area contributed by atoms with Crippen molar-refractivity contribution in [2.75, 3.05) is 5.32 Å². The van der Waals surface area contributed by atoms with Gasteiger partial charge in [0.1, 0.15) is 5.82 Å². The van der Waals surface area contributed by atoms with Gasteiger partial charge < -0.3 is 10.1 Å². The van der Waals surface area contributed by atoms with Crippen molar-refractivity contribution in [3.63, 3.8) is 0 Å². The lowest BCUT2D eigenvalue weighted by molar-refractivity contribution is -0.123. The molecular weight excluding hydrogens is 441 g/mol. The number of amides is 1. The molecule has 6 nitrogen and oxygen atoms in total. The molecule has 0 bridgehead atoms. The van der Waals surface area contributed by atoms with Crippen molar-refractivity contribution in [3.8, 4) is 11.6 Å². The predicted molar refractivity (Wildman–Crippen MR) is 112 cm³/mol. The van der Waals surface area contributed by atoms with Gasteiger partial charge >= 0.3 is 0 Å². The molecule has 0 spiro atoms. The first kappa shape index (κ1) is 20.7. The minimum atomic E-state index is -0.810. The molecule has 0 fully saturated rings. The number of carbonyl (C=O) groups is 1. The second-order valence-electron chi connectivity index (χ2n) is 6.39. The van der Waals surface area contributed by atoms with Crippen molar-refractivity contribution in [1.29, 1.82) is 0 Å². The van der Waals surface area contributed by atoms with Crippen LogP contribution in [0.1, 0.15) is 18.9 Å². The first-order valence-electron chi connectivity index (χ1n) is 8.97. The molecule has 1 heterocycles. The lowest BCUT2D eigenvalue weighted by Gasteiger charge is -2.18. The topological polar surface area (TPSA) is 73.2 Å². The summed E-state index contributed by atoms with van der Waals surface area (Å²) in [5.41, 5.74) is 1.69. The van der Waals surface area contributed by atoms with Gasteiger partial charge in [-0.05, 0) is 71.2 Å². The minimum Gasteiger partial charge on any atom is -0.463 e. The maximum atomic E-state index is 13.1. The Hall–Kier alpha value is -3.00. The molecule has 0 unspecified atom stereocenters. The van der Waals surface area contributed by atoms with Gasteiger partial charge in [0.05, 0.1) is 11.4 Å². The largest absolute Gasteiger partial charge is 0.463 e. The first-order valence-corrected chi connectivity index (χ1v) is 9.76. The average molecular weight is 460 g/mol. The number of benzene rings is 2. The summed E-state index contributed by atoms with van der Waals surface area (Å²) in [7, 11) is 0. The number of hydrogen-bond acceptors (Lipinski definition) is 4. The lowest BCUT2D eigenvalue weighted by Crippen LogP contribution is -2.33. The average Bonchev–Trinajstić information content (AvgIpc) is 2.70. The molecule has 0 saturated heterocycles. The highest BCUT2D eigenvalue weighted by Crippen LogP contribution is 2.24. The van der Waals surface area contributed by atoms with Crippen molar-refractivity contribution in [2.45, 2.75) is 26.4 Å². The number of rotatable bonds is 6. The van der Waals surface area contributed by atoms with Gasteiger partial charge in [-0.2, -0.15) is 4.68 Å². The predicted octanol–water partition coefficient (Wildman–Crippen LogP) is 4.24. The Balaban J connectivity index is 1.79. The van der Waals surface area contributed by atoms with Crippen LogP contribution < -0.4 is 15.6 Å². The van der Waals surface area contributed by atoms with Crippen LogP contribution in [0.4, 0.5) is 10.1 Å². The number of nitrogens with one attached hydrogen (secondary N) is 1. The Morgan fingerprint density at radius 3 is 2.59 bits per heavy atom. The first-order chi connectivity index (χ1) is 13.9. The standard InChI is InChI=1S/C21H19BrFN3O3/c1-3-18(21(28)24-17-9-4-13(2)12-16(17)22)29-19-10-11-20(27)26(25-19)15-7-5-14(23)6-8-15/h4-12,18H,3H2,1-2H3,(H,24,28)/t18-/m0/s1. The third-order valence-electron chi connectivity index (χ3n) is 4.16. The molecule has 2 aromatic carbocycles. The van der Waals surface area contributed by atoms with E-state index in [0.29, 0.717) is 17.8 Å². The molecule has 1 N–H and O–H groups in total. The van der Waals surface area contributed by atoms with E-state index in [1.807, 2.05) is 26.0 Å². The van der Waals surface area contributed by atoms with E-state index < -0.39 is 17.5 Å². The smallest absolute Gasteiger partial charge is 0.271 e. The highest BCUT2D eigenvalue weighted by molar-refractivity contribution is 9.10. The second kappa shape index (κ2) is 9.00. The van der Waals surface area contributed by atoms with Gasteiger partial charge in [-0.15, -0.1) is 5.10 Å². The monoisotopic (exact) mass is 459 g/mol. The highest BCUT2D eigenvalue weighted by Gasteiger charge is 2.20. The summed E-state index contributed by atoms with van der Waals surface area (Å²) < 4.78 is 20.7. The molecule has 3 rings (SSSR count). The SMILES string of the molecule is CC[C@H](Oc1ccc(=O)n(-c2ccc(F)cc2)n1)C(=O)Nc1ccc(C)cc1Br. The molecular formula is C21H19BrFN3O3. The van der Waals surface area contributed by atoms with Crippen LogP contribution in [0.2, 0.25) is 0 Å². The summed E-state index contributed by atoms with van der Waals surface area (Å²) >= 11 is 3.43. The fraction of sp³-hybridized carbons (Fsp3) is 0.190. The summed E-state index contributed by atoms with van der Waals surface area (Å²) in [5.74, 6) is -0.642. The number of nitrogens with zero attached hydrogens (tertiary/aromatic N) is 2. The van der Waals surface area contributed by atoms with E-state index in [4.69, 9.17) is 4.74 Å². The van der Waals surface area contributed by atoms with Gasteiger partial charge in [0, 0.05) is 16.6 Å². The van der Waals surface area contributed by atoms with Crippen molar-refractivity contribution >= 4 is 27.5 Å². The van der Waals surface area contributed by atoms with Gasteiger partial charge in [0.2, 0.25) is 5.88 Å². The molecule has 29 heavy (non-hydrogen) atoms. The zero-order valence-electron chi connectivity index (χ0n) is 15.9. The lowest BCUT2D eigenvalue weighted by atomic mass is 10.2. The molecule has 1 amide bonds. The van der Waals surface area contributed by atoms with E-state index in [1.54, 1.807) is 6.07 Å². The quantitative estimate of drug-likeness (QED) is 0.598. The summed E-state index contributed by atoms with van der Waals surface area (Å²) in [4.78, 5) is 24.8. The van der Waals surface area contributed by atoms with Gasteiger partial charge in [-0.25, -0.2) is 4.39 Å². The van der Waals surface area contributed by atoms with Crippen LogP contribution in [-0.2, 0) is 4.79 Å². The van der Waals surface area contributed by atoms with Crippen LogP contribution in [-0.4, -0.2) is 21.8 Å². The molecule has 1 aromatic heterocycles. The molecule has 0 aliphatic rings. The van der Waals surface area contributed by atoms with E-state index in [-0.39, 0.29) is 11.8 Å². The van der Waals surface area contributed by atoms with Crippen LogP contribution in [0.15, 0.2) is 63.9 Å². The van der Waals surface area contributed by atoms with Gasteiger partial charge in [-0.1, -0.05) is 13.0 Å². The number of hydrogen-bond donors (Lipinski definition) is 1. The molecule has 0 saturated carbocycles. The number of ether oxygens (including phenoxy) is 1. The summed E-state index contributed by atoms with van der Waals surface area (Å²) in [6, 6.07) is 13.6. The molecule has 0 aliphatic heterocycles. The zero-order valence-corrected chi connectivity index (χ0v) is 17.4. The highest BCUT2D eigenvalue weighted by atomic mass is 79.9. The third kappa shape index (κ3) is 5.08. The summed E-state index contributed by atoms with van der Waals surface area (Å²) in [6.07, 6.45) is -0.415. The van der Waals surface area contributed by atoms with E-state index in [1.165, 1.54) is 36.4 Å². The van der Waals surface area contributed by atoms with Crippen LogP contribution in [0.25, 0.3) is 5.69 Å². The van der Waals surface area contributed by atoms with Crippen molar-refractivity contribution in [2.24, 2.45) is 0 Å². The maximum absolute atomic E-state index is 13.1. The summed E-state index contributed by atoms with van der Waals surface area (Å²) in [5, 5.41) is 6.97. The van der Waals surface area contributed by atoms with Crippen LogP contribution in [0.5, 0.6) is 5.88 Å². The molecule has 1 atom stereocenters. The number of carbonyl (C=O) groups excluding carboxylic acids is 1. The molecule has 0 aliphatic carbocycles. The van der Waals surface area contributed by atoms with Crippen molar-refractivity contribution in [1.82, 2.24) is 9.78 Å². The van der Waals surface area contributed by atoms with E-state index in [2.05, 4.69) is 26.3 Å². The Kier molecular flexibility index (Phi) is 6.43. The van der Waals surface area contributed by atoms with E-state index in [9.17, 15) is 14.0 Å². The fourth-order valence-corrected chi connectivity index (χ4v) is 3.22. The second-order valence-corrected chi connectivity index (χ2v) is 7.24. The van der Waals surface area contributed by atoms with Crippen molar-refractivity contribution < 1.29 is 13.9 Å². The Morgan fingerprint density at radius 2 is 1.93 bits per heavy atom. The fourth-order valence-electron chi connectivity index (χ4n) is 2.63. The van der Waals surface area contributed by atoms with E-state index in [0.717, 1.165) is 14.7 Å². The Morgan fingerprint density at radius 1 is 1.21 bits per heavy atom. The van der Waals surface area contributed by atoms with E-state index >= 15 is 0 Å². The molecule has 8 heteroatoms. The van der Waals surface area contributed by atoms with Gasteiger partial charge in [0.15, 0.2) is 6.10 Å².